The van der Waals surface area contributed by atoms with Gasteiger partial charge in [0.15, 0.2) is 0 Å². The Bertz CT molecular complexity index is 486. The van der Waals surface area contributed by atoms with E-state index >= 15 is 0 Å². The lowest BCUT2D eigenvalue weighted by molar-refractivity contribution is 0.555. The van der Waals surface area contributed by atoms with Crippen LogP contribution < -0.4 is 10.0 Å². The van der Waals surface area contributed by atoms with Gasteiger partial charge in [-0.25, -0.2) is 13.1 Å². The summed E-state index contributed by atoms with van der Waals surface area (Å²) >= 11 is 7.31. The molecule has 116 valence electrons. The van der Waals surface area contributed by atoms with Gasteiger partial charge in [0.05, 0.1) is 10.1 Å². The number of rotatable bonds is 10. The van der Waals surface area contributed by atoms with E-state index in [1.165, 1.54) is 11.3 Å². The first-order valence-corrected chi connectivity index (χ1v) is 9.68. The van der Waals surface area contributed by atoms with Crippen molar-refractivity contribution in [2.24, 2.45) is 0 Å². The Kier molecular flexibility index (Phi) is 8.06. The largest absolute Gasteiger partial charge is 0.315 e. The Morgan fingerprint density at radius 3 is 2.60 bits per heavy atom. The van der Waals surface area contributed by atoms with E-state index in [4.69, 9.17) is 11.6 Å². The van der Waals surface area contributed by atoms with Gasteiger partial charge in [0.1, 0.15) is 0 Å². The fourth-order valence-corrected chi connectivity index (χ4v) is 3.92. The van der Waals surface area contributed by atoms with E-state index in [1.807, 2.05) is 12.1 Å². The average Bonchev–Trinajstić information content (AvgIpc) is 2.74. The first-order valence-electron chi connectivity index (χ1n) is 6.84. The molecule has 1 rings (SSSR count). The molecule has 20 heavy (non-hydrogen) atoms. The van der Waals surface area contributed by atoms with E-state index in [0.717, 1.165) is 22.2 Å². The number of thiophene rings is 1. The van der Waals surface area contributed by atoms with E-state index < -0.39 is 10.0 Å². The summed E-state index contributed by atoms with van der Waals surface area (Å²) in [5.41, 5.74) is 0. The molecule has 4 nitrogen and oxygen atoms in total. The summed E-state index contributed by atoms with van der Waals surface area (Å²) in [7, 11) is -3.15. The van der Waals surface area contributed by atoms with E-state index in [2.05, 4.69) is 23.9 Å². The maximum absolute atomic E-state index is 11.8. The van der Waals surface area contributed by atoms with Crippen molar-refractivity contribution in [1.82, 2.24) is 10.0 Å². The van der Waals surface area contributed by atoms with Gasteiger partial charge in [-0.15, -0.1) is 11.3 Å². The van der Waals surface area contributed by atoms with Crippen LogP contribution in [0.2, 0.25) is 4.34 Å². The van der Waals surface area contributed by atoms with Gasteiger partial charge in [-0.05, 0) is 37.9 Å². The molecule has 0 spiro atoms. The second-order valence-electron chi connectivity index (χ2n) is 4.98. The first kappa shape index (κ1) is 17.9. The minimum atomic E-state index is -3.15. The van der Waals surface area contributed by atoms with Crippen LogP contribution in [0.5, 0.6) is 0 Å². The topological polar surface area (TPSA) is 58.2 Å². The van der Waals surface area contributed by atoms with Crippen molar-refractivity contribution in [1.29, 1.82) is 0 Å². The van der Waals surface area contributed by atoms with E-state index in [0.29, 0.717) is 25.4 Å². The number of hydrogen-bond acceptors (Lipinski definition) is 4. The second-order valence-corrected chi connectivity index (χ2v) is 8.71. The number of halogens is 1. The fourth-order valence-electron chi connectivity index (χ4n) is 1.70. The molecule has 0 aromatic carbocycles. The van der Waals surface area contributed by atoms with Crippen molar-refractivity contribution >= 4 is 33.0 Å². The zero-order valence-electron chi connectivity index (χ0n) is 12.0. The quantitative estimate of drug-likeness (QED) is 0.645. The summed E-state index contributed by atoms with van der Waals surface area (Å²) in [5.74, 6) is 0.192. The van der Waals surface area contributed by atoms with Gasteiger partial charge < -0.3 is 5.32 Å². The summed E-state index contributed by atoms with van der Waals surface area (Å²) in [6.45, 7) is 5.45. The molecule has 0 aliphatic heterocycles. The zero-order valence-corrected chi connectivity index (χ0v) is 14.4. The second kappa shape index (κ2) is 9.00. The molecule has 0 amide bonds. The molecule has 1 heterocycles. The van der Waals surface area contributed by atoms with Crippen molar-refractivity contribution in [3.63, 3.8) is 0 Å². The molecule has 0 radical (unpaired) electrons. The van der Waals surface area contributed by atoms with Crippen LogP contribution in [-0.4, -0.2) is 33.3 Å². The van der Waals surface area contributed by atoms with Gasteiger partial charge in [-0.3, -0.25) is 0 Å². The molecule has 0 aliphatic rings. The molecule has 0 atom stereocenters. The van der Waals surface area contributed by atoms with Crippen molar-refractivity contribution in [3.05, 3.63) is 21.3 Å². The van der Waals surface area contributed by atoms with Crippen LogP contribution in [0.15, 0.2) is 12.1 Å². The third kappa shape index (κ3) is 8.21. The maximum Gasteiger partial charge on any atom is 0.211 e. The normalized spacial score (nSPS) is 12.2. The highest BCUT2D eigenvalue weighted by Gasteiger charge is 2.09. The molecule has 0 unspecified atom stereocenters. The lowest BCUT2D eigenvalue weighted by Gasteiger charge is -2.08. The van der Waals surface area contributed by atoms with Gasteiger partial charge in [0.25, 0.3) is 0 Å². The molecule has 0 saturated carbocycles. The third-order valence-electron chi connectivity index (χ3n) is 2.71. The molecule has 0 fully saturated rings. The average molecular weight is 339 g/mol. The molecule has 0 saturated heterocycles. The van der Waals surface area contributed by atoms with Crippen LogP contribution in [0, 0.1) is 0 Å². The highest BCUT2D eigenvalue weighted by atomic mass is 35.5. The summed E-state index contributed by atoms with van der Waals surface area (Å²) in [6.07, 6.45) is 2.24. The smallest absolute Gasteiger partial charge is 0.211 e. The maximum atomic E-state index is 11.8. The fraction of sp³-hybridized carbons (Fsp3) is 0.692. The minimum absolute atomic E-state index is 0.192. The van der Waals surface area contributed by atoms with Crippen molar-refractivity contribution in [2.45, 2.75) is 39.2 Å². The van der Waals surface area contributed by atoms with E-state index in [1.54, 1.807) is 0 Å². The van der Waals surface area contributed by atoms with Gasteiger partial charge in [0.2, 0.25) is 10.0 Å². The molecular formula is C13H23ClN2O2S2. The molecule has 0 bridgehead atoms. The van der Waals surface area contributed by atoms with Crippen molar-refractivity contribution in [2.75, 3.05) is 18.8 Å². The minimum Gasteiger partial charge on any atom is -0.315 e. The Balaban J connectivity index is 2.14. The van der Waals surface area contributed by atoms with E-state index in [9.17, 15) is 8.42 Å². The van der Waals surface area contributed by atoms with Crippen LogP contribution in [0.4, 0.5) is 0 Å². The summed E-state index contributed by atoms with van der Waals surface area (Å²) in [4.78, 5) is 1.10. The summed E-state index contributed by atoms with van der Waals surface area (Å²) in [6, 6.07) is 4.21. The van der Waals surface area contributed by atoms with Crippen LogP contribution in [0.3, 0.4) is 0 Å². The Hall–Kier alpha value is -0.140. The predicted molar refractivity (Wildman–Crippen MR) is 87.2 cm³/mol. The van der Waals surface area contributed by atoms with Crippen LogP contribution in [0.1, 0.15) is 31.6 Å². The van der Waals surface area contributed by atoms with Gasteiger partial charge in [-0.2, -0.15) is 0 Å². The number of sulfonamides is 1. The van der Waals surface area contributed by atoms with Gasteiger partial charge in [0, 0.05) is 17.5 Å². The van der Waals surface area contributed by atoms with Crippen LogP contribution in [-0.2, 0) is 16.4 Å². The van der Waals surface area contributed by atoms with E-state index in [-0.39, 0.29) is 5.75 Å². The molecule has 0 aliphatic carbocycles. The van der Waals surface area contributed by atoms with Gasteiger partial charge >= 0.3 is 0 Å². The summed E-state index contributed by atoms with van der Waals surface area (Å²) < 4.78 is 26.9. The highest BCUT2D eigenvalue weighted by molar-refractivity contribution is 7.89. The van der Waals surface area contributed by atoms with Crippen LogP contribution >= 0.6 is 22.9 Å². The summed E-state index contributed by atoms with van der Waals surface area (Å²) in [5, 5.41) is 3.27. The van der Waals surface area contributed by atoms with Crippen molar-refractivity contribution in [3.8, 4) is 0 Å². The van der Waals surface area contributed by atoms with Crippen molar-refractivity contribution < 1.29 is 8.42 Å². The lowest BCUT2D eigenvalue weighted by atomic mass is 10.3. The Labute approximate surface area is 131 Å². The first-order chi connectivity index (χ1) is 9.39. The Morgan fingerprint density at radius 1 is 1.25 bits per heavy atom. The zero-order chi connectivity index (χ0) is 15.0. The number of unbranched alkanes of at least 4 members (excludes halogenated alkanes) is 1. The lowest BCUT2D eigenvalue weighted by Crippen LogP contribution is -2.29. The third-order valence-corrected chi connectivity index (χ3v) is 5.48. The monoisotopic (exact) mass is 338 g/mol. The molecule has 2 N–H and O–H groups in total. The number of hydrogen-bond donors (Lipinski definition) is 2. The molecule has 1 aromatic rings. The predicted octanol–water partition coefficient (Wildman–Crippen LogP) is 2.64. The standard InChI is InChI=1S/C13H23ClN2O2S2/c1-11(2)15-8-3-4-10-20(17,18)16-9-7-12-5-6-13(14)19-12/h5-6,11,15-16H,3-4,7-10H2,1-2H3. The SMILES string of the molecule is CC(C)NCCCCS(=O)(=O)NCCc1ccc(Cl)s1. The number of nitrogens with one attached hydrogen (secondary N) is 2. The van der Waals surface area contributed by atoms with Gasteiger partial charge in [-0.1, -0.05) is 25.4 Å². The Morgan fingerprint density at radius 2 is 2.00 bits per heavy atom. The molecule has 7 heteroatoms. The van der Waals surface area contributed by atoms with Crippen LogP contribution in [0.25, 0.3) is 0 Å². The molecular weight excluding hydrogens is 316 g/mol. The molecule has 1 aromatic heterocycles. The highest BCUT2D eigenvalue weighted by Crippen LogP contribution is 2.21.